The van der Waals surface area contributed by atoms with Crippen LogP contribution in [0.25, 0.3) is 0 Å². The molecule has 1 aliphatic rings. The quantitative estimate of drug-likeness (QED) is 0.839. The van der Waals surface area contributed by atoms with E-state index < -0.39 is 0 Å². The highest BCUT2D eigenvalue weighted by atomic mass is 16.5. The van der Waals surface area contributed by atoms with E-state index in [0.29, 0.717) is 23.8 Å². The van der Waals surface area contributed by atoms with Crippen LogP contribution in [-0.2, 0) is 7.05 Å². The molecule has 1 saturated heterocycles. The summed E-state index contributed by atoms with van der Waals surface area (Å²) in [6, 6.07) is 8.83. The summed E-state index contributed by atoms with van der Waals surface area (Å²) in [6.45, 7) is 6.16. The number of anilines is 1. The molecule has 1 aliphatic heterocycles. The third-order valence-corrected chi connectivity index (χ3v) is 4.62. The van der Waals surface area contributed by atoms with E-state index in [1.165, 1.54) is 4.68 Å². The Bertz CT molecular complexity index is 862. The summed E-state index contributed by atoms with van der Waals surface area (Å²) in [5.41, 5.74) is 1.32. The summed E-state index contributed by atoms with van der Waals surface area (Å²) >= 11 is 0. The Kier molecular flexibility index (Phi) is 5.78. The molecule has 1 fully saturated rings. The number of amides is 1. The first-order chi connectivity index (χ1) is 12.9. The lowest BCUT2D eigenvalue weighted by molar-refractivity contribution is 0.0947. The van der Waals surface area contributed by atoms with Crippen molar-refractivity contribution in [2.75, 3.05) is 24.5 Å². The summed E-state index contributed by atoms with van der Waals surface area (Å²) in [7, 11) is 1.63. The molecule has 3 rings (SSSR count). The van der Waals surface area contributed by atoms with Crippen molar-refractivity contribution in [3.63, 3.8) is 0 Å². The molecule has 27 heavy (non-hydrogen) atoms. The second kappa shape index (κ2) is 8.24. The van der Waals surface area contributed by atoms with Crippen molar-refractivity contribution in [2.24, 2.45) is 13.0 Å². The molecule has 0 spiro atoms. The second-order valence-corrected chi connectivity index (χ2v) is 7.18. The Labute approximate surface area is 158 Å². The fourth-order valence-electron chi connectivity index (χ4n) is 3.19. The minimum absolute atomic E-state index is 0.0667. The van der Waals surface area contributed by atoms with Crippen molar-refractivity contribution in [3.05, 3.63) is 52.4 Å². The van der Waals surface area contributed by atoms with Crippen molar-refractivity contribution in [1.82, 2.24) is 15.1 Å². The first-order valence-electron chi connectivity index (χ1n) is 9.25. The predicted molar refractivity (Wildman–Crippen MR) is 104 cm³/mol. The van der Waals surface area contributed by atoms with Gasteiger partial charge in [-0.1, -0.05) is 6.07 Å². The van der Waals surface area contributed by atoms with E-state index in [1.807, 2.05) is 26.0 Å². The molecule has 1 aromatic heterocycles. The van der Waals surface area contributed by atoms with Crippen LogP contribution in [0.5, 0.6) is 5.75 Å². The molecule has 0 bridgehead atoms. The zero-order valence-corrected chi connectivity index (χ0v) is 16.0. The number of aromatic nitrogens is 2. The highest BCUT2D eigenvalue weighted by Crippen LogP contribution is 2.22. The first kappa shape index (κ1) is 18.9. The normalized spacial score (nSPS) is 16.6. The lowest BCUT2D eigenvalue weighted by atomic mass is 10.1. The van der Waals surface area contributed by atoms with Crippen molar-refractivity contribution in [2.45, 2.75) is 26.4 Å². The van der Waals surface area contributed by atoms with Crippen molar-refractivity contribution >= 4 is 11.6 Å². The van der Waals surface area contributed by atoms with Gasteiger partial charge in [-0.2, -0.15) is 5.10 Å². The van der Waals surface area contributed by atoms with Gasteiger partial charge >= 0.3 is 0 Å². The van der Waals surface area contributed by atoms with E-state index in [9.17, 15) is 9.59 Å². The number of hydrogen-bond donors (Lipinski definition) is 1. The molecule has 7 nitrogen and oxygen atoms in total. The Morgan fingerprint density at radius 2 is 2.19 bits per heavy atom. The predicted octanol–water partition coefficient (Wildman–Crippen LogP) is 1.82. The summed E-state index contributed by atoms with van der Waals surface area (Å²) in [5, 5.41) is 7.08. The van der Waals surface area contributed by atoms with E-state index >= 15 is 0 Å². The minimum atomic E-state index is -0.118. The van der Waals surface area contributed by atoms with E-state index in [-0.39, 0.29) is 17.6 Å². The third kappa shape index (κ3) is 4.87. The van der Waals surface area contributed by atoms with Crippen LogP contribution in [0.4, 0.5) is 5.69 Å². The molecule has 1 aromatic carbocycles. The molecule has 0 unspecified atom stereocenters. The molecule has 2 aromatic rings. The van der Waals surface area contributed by atoms with E-state index in [2.05, 4.69) is 15.3 Å². The van der Waals surface area contributed by atoms with Gasteiger partial charge in [0.1, 0.15) is 5.75 Å². The standard InChI is InChI=1S/C20H26N4O3/c1-14(2)27-18-6-4-5-16(9-18)20(26)21-11-15-7-8-24(13-15)17-10-19(25)23(3)22-12-17/h4-6,9-10,12,14-15H,7-8,11,13H2,1-3H3,(H,21,26)/t15-/m0/s1. The van der Waals surface area contributed by atoms with Crippen LogP contribution in [0.2, 0.25) is 0 Å². The van der Waals surface area contributed by atoms with Crippen LogP contribution in [0.1, 0.15) is 30.6 Å². The molecular weight excluding hydrogens is 344 g/mol. The van der Waals surface area contributed by atoms with E-state index in [4.69, 9.17) is 4.74 Å². The fourth-order valence-corrected chi connectivity index (χ4v) is 3.19. The topological polar surface area (TPSA) is 76.5 Å². The Balaban J connectivity index is 1.54. The SMILES string of the molecule is CC(C)Oc1cccc(C(=O)NC[C@@H]2CCN(c3cnn(C)c(=O)c3)C2)c1. The molecule has 0 saturated carbocycles. The number of rotatable bonds is 6. The Hall–Kier alpha value is -2.83. The number of aryl methyl sites for hydroxylation is 1. The molecule has 144 valence electrons. The lowest BCUT2D eigenvalue weighted by Crippen LogP contribution is -2.31. The Morgan fingerprint density at radius 1 is 1.37 bits per heavy atom. The lowest BCUT2D eigenvalue weighted by Gasteiger charge is -2.18. The molecule has 0 aliphatic carbocycles. The number of ether oxygens (including phenoxy) is 1. The van der Waals surface area contributed by atoms with Crippen LogP contribution < -0.4 is 20.5 Å². The zero-order valence-electron chi connectivity index (χ0n) is 16.0. The fraction of sp³-hybridized carbons (Fsp3) is 0.450. The van der Waals surface area contributed by atoms with Crippen molar-refractivity contribution < 1.29 is 9.53 Å². The third-order valence-electron chi connectivity index (χ3n) is 4.62. The van der Waals surface area contributed by atoms with Gasteiger partial charge in [-0.25, -0.2) is 4.68 Å². The number of benzene rings is 1. The van der Waals surface area contributed by atoms with Gasteiger partial charge in [0.05, 0.1) is 18.0 Å². The maximum Gasteiger partial charge on any atom is 0.268 e. The molecule has 1 N–H and O–H groups in total. The molecule has 2 heterocycles. The summed E-state index contributed by atoms with van der Waals surface area (Å²) < 4.78 is 6.96. The summed E-state index contributed by atoms with van der Waals surface area (Å²) in [5.74, 6) is 0.939. The number of carbonyl (C=O) groups excluding carboxylic acids is 1. The van der Waals surface area contributed by atoms with Crippen LogP contribution in [0.15, 0.2) is 41.3 Å². The van der Waals surface area contributed by atoms with E-state index in [1.54, 1.807) is 31.4 Å². The number of nitrogens with zero attached hydrogens (tertiary/aromatic N) is 3. The largest absolute Gasteiger partial charge is 0.491 e. The van der Waals surface area contributed by atoms with Crippen molar-refractivity contribution in [3.8, 4) is 5.75 Å². The van der Waals surface area contributed by atoms with Gasteiger partial charge in [0.25, 0.3) is 11.5 Å². The number of hydrogen-bond acceptors (Lipinski definition) is 5. The van der Waals surface area contributed by atoms with Gasteiger partial charge in [-0.15, -0.1) is 0 Å². The van der Waals surface area contributed by atoms with Gasteiger partial charge in [0.2, 0.25) is 0 Å². The minimum Gasteiger partial charge on any atom is -0.491 e. The molecule has 0 radical (unpaired) electrons. The van der Waals surface area contributed by atoms with Crippen LogP contribution in [0, 0.1) is 5.92 Å². The maximum absolute atomic E-state index is 12.4. The maximum atomic E-state index is 12.4. The highest BCUT2D eigenvalue weighted by molar-refractivity contribution is 5.94. The van der Waals surface area contributed by atoms with Crippen LogP contribution in [0.3, 0.4) is 0 Å². The highest BCUT2D eigenvalue weighted by Gasteiger charge is 2.24. The monoisotopic (exact) mass is 370 g/mol. The zero-order chi connectivity index (χ0) is 19.4. The van der Waals surface area contributed by atoms with Crippen LogP contribution in [-0.4, -0.2) is 41.4 Å². The van der Waals surface area contributed by atoms with Gasteiger partial charge in [0.15, 0.2) is 0 Å². The molecule has 7 heteroatoms. The van der Waals surface area contributed by atoms with Gasteiger partial charge < -0.3 is 15.0 Å². The number of carbonyl (C=O) groups is 1. The van der Waals surface area contributed by atoms with Gasteiger partial charge in [0, 0.05) is 38.3 Å². The number of nitrogens with one attached hydrogen (secondary N) is 1. The molecular formula is C20H26N4O3. The average molecular weight is 370 g/mol. The van der Waals surface area contributed by atoms with Crippen LogP contribution >= 0.6 is 0 Å². The summed E-state index contributed by atoms with van der Waals surface area (Å²) in [6.07, 6.45) is 2.74. The van der Waals surface area contributed by atoms with Gasteiger partial charge in [-0.05, 0) is 44.4 Å². The first-order valence-corrected chi connectivity index (χ1v) is 9.25. The molecule has 1 atom stereocenters. The second-order valence-electron chi connectivity index (χ2n) is 7.18. The van der Waals surface area contributed by atoms with E-state index in [0.717, 1.165) is 25.2 Å². The smallest absolute Gasteiger partial charge is 0.268 e. The van der Waals surface area contributed by atoms with Gasteiger partial charge in [-0.3, -0.25) is 9.59 Å². The van der Waals surface area contributed by atoms with Crippen molar-refractivity contribution in [1.29, 1.82) is 0 Å². The average Bonchev–Trinajstić information content (AvgIpc) is 3.10. The Morgan fingerprint density at radius 3 is 2.93 bits per heavy atom. The summed E-state index contributed by atoms with van der Waals surface area (Å²) in [4.78, 5) is 26.3. The molecule has 1 amide bonds.